The van der Waals surface area contributed by atoms with Crippen LogP contribution >= 0.6 is 11.6 Å². The van der Waals surface area contributed by atoms with Crippen LogP contribution in [0.3, 0.4) is 0 Å². The lowest BCUT2D eigenvalue weighted by Gasteiger charge is -2.09. The summed E-state index contributed by atoms with van der Waals surface area (Å²) in [6.07, 6.45) is 1.97. The highest BCUT2D eigenvalue weighted by Gasteiger charge is 2.09. The third-order valence-corrected chi connectivity index (χ3v) is 3.99. The Bertz CT molecular complexity index is 858. The van der Waals surface area contributed by atoms with Crippen LogP contribution in [0.15, 0.2) is 54.2 Å². The minimum Gasteiger partial charge on any atom is -0.497 e. The van der Waals surface area contributed by atoms with Crippen molar-refractivity contribution in [3.63, 3.8) is 0 Å². The molecule has 0 radical (unpaired) electrons. The predicted molar refractivity (Wildman–Crippen MR) is 105 cm³/mol. The maximum absolute atomic E-state index is 12.2. The van der Waals surface area contributed by atoms with Crippen LogP contribution in [0.5, 0.6) is 11.5 Å². The zero-order valence-electron chi connectivity index (χ0n) is 15.1. The molecule has 2 N–H and O–H groups in total. The first-order chi connectivity index (χ1) is 13.1. The number of halogens is 1. The van der Waals surface area contributed by atoms with E-state index in [4.69, 9.17) is 21.1 Å². The Balaban J connectivity index is 1.94. The van der Waals surface area contributed by atoms with Crippen LogP contribution in [0.4, 0.5) is 5.69 Å². The Kier molecular flexibility index (Phi) is 7.53. The number of rotatable bonds is 8. The van der Waals surface area contributed by atoms with Gasteiger partial charge in [-0.1, -0.05) is 23.7 Å². The number of carbonyl (C=O) groups is 1. The topological polar surface area (TPSA) is 83.4 Å². The lowest BCUT2D eigenvalue weighted by atomic mass is 10.1. The Labute approximate surface area is 163 Å². The number of carbonyl (C=O) groups excluding carboxylic acids is 1. The summed E-state index contributed by atoms with van der Waals surface area (Å²) >= 11 is 5.96. The van der Waals surface area contributed by atoms with Gasteiger partial charge in [0.05, 0.1) is 19.9 Å². The fraction of sp³-hybridized carbons (Fsp3) is 0.200. The summed E-state index contributed by atoms with van der Waals surface area (Å²) in [6, 6.07) is 14.5. The number of nitrogens with zero attached hydrogens (tertiary/aromatic N) is 1. The van der Waals surface area contributed by atoms with Gasteiger partial charge in [-0.2, -0.15) is 5.26 Å². The fourth-order valence-corrected chi connectivity index (χ4v) is 2.47. The third-order valence-electron chi connectivity index (χ3n) is 3.76. The van der Waals surface area contributed by atoms with Gasteiger partial charge < -0.3 is 20.1 Å². The normalized spacial score (nSPS) is 10.7. The molecule has 0 bridgehead atoms. The first kappa shape index (κ1) is 20.1. The van der Waals surface area contributed by atoms with E-state index in [9.17, 15) is 10.1 Å². The van der Waals surface area contributed by atoms with Gasteiger partial charge in [0, 0.05) is 17.8 Å². The van der Waals surface area contributed by atoms with Gasteiger partial charge in [0.15, 0.2) is 0 Å². The molecule has 0 heterocycles. The summed E-state index contributed by atoms with van der Waals surface area (Å²) in [7, 11) is 3.13. The monoisotopic (exact) mass is 385 g/mol. The van der Waals surface area contributed by atoms with Crippen molar-refractivity contribution in [3.05, 3.63) is 64.8 Å². The average molecular weight is 386 g/mol. The highest BCUT2D eigenvalue weighted by Crippen LogP contribution is 2.27. The third kappa shape index (κ3) is 5.94. The summed E-state index contributed by atoms with van der Waals surface area (Å²) in [5.74, 6) is 0.868. The van der Waals surface area contributed by atoms with Gasteiger partial charge >= 0.3 is 0 Å². The number of hydrogen-bond acceptors (Lipinski definition) is 5. The predicted octanol–water partition coefficient (Wildman–Crippen LogP) is 3.54. The Morgan fingerprint density at radius 1 is 1.19 bits per heavy atom. The second-order valence-electron chi connectivity index (χ2n) is 5.51. The van der Waals surface area contributed by atoms with Crippen molar-refractivity contribution < 1.29 is 14.3 Å². The molecule has 0 aliphatic carbocycles. The van der Waals surface area contributed by atoms with E-state index in [0.29, 0.717) is 29.4 Å². The van der Waals surface area contributed by atoms with Crippen LogP contribution in [0, 0.1) is 11.3 Å². The highest BCUT2D eigenvalue weighted by molar-refractivity contribution is 6.30. The van der Waals surface area contributed by atoms with Crippen molar-refractivity contribution in [1.29, 1.82) is 5.26 Å². The van der Waals surface area contributed by atoms with Crippen molar-refractivity contribution >= 4 is 23.2 Å². The number of hydrogen-bond donors (Lipinski definition) is 2. The summed E-state index contributed by atoms with van der Waals surface area (Å²) < 4.78 is 10.3. The molecule has 6 nitrogen and oxygen atoms in total. The second-order valence-corrected chi connectivity index (χ2v) is 5.95. The van der Waals surface area contributed by atoms with Crippen molar-refractivity contribution in [2.45, 2.75) is 6.42 Å². The SMILES string of the molecule is COc1ccc(CCNC(=O)/C(C#N)=C\Nc2cc(Cl)ccc2OC)cc1. The van der Waals surface area contributed by atoms with E-state index in [0.717, 1.165) is 11.3 Å². The number of benzene rings is 2. The van der Waals surface area contributed by atoms with Crippen LogP contribution in [0.2, 0.25) is 5.02 Å². The Morgan fingerprint density at radius 3 is 2.56 bits per heavy atom. The molecule has 0 aliphatic rings. The quantitative estimate of drug-likeness (QED) is 0.536. The fourth-order valence-electron chi connectivity index (χ4n) is 2.30. The molecule has 0 fully saturated rings. The molecule has 0 atom stereocenters. The van der Waals surface area contributed by atoms with Crippen LogP contribution in [-0.2, 0) is 11.2 Å². The van der Waals surface area contributed by atoms with Gasteiger partial charge in [-0.05, 0) is 42.3 Å². The molecular formula is C20H20ClN3O3. The van der Waals surface area contributed by atoms with Gasteiger partial charge in [-0.15, -0.1) is 0 Å². The van der Waals surface area contributed by atoms with Crippen LogP contribution in [0.25, 0.3) is 0 Å². The summed E-state index contributed by atoms with van der Waals surface area (Å²) in [6.45, 7) is 0.407. The van der Waals surface area contributed by atoms with Crippen LogP contribution < -0.4 is 20.1 Å². The van der Waals surface area contributed by atoms with Gasteiger partial charge in [0.1, 0.15) is 23.1 Å². The van der Waals surface area contributed by atoms with E-state index < -0.39 is 5.91 Å². The molecule has 1 amide bonds. The standard InChI is InChI=1S/C20H20ClN3O3/c1-26-17-6-3-14(4-7-17)9-10-23-20(25)15(12-22)13-24-18-11-16(21)5-8-19(18)27-2/h3-8,11,13,24H,9-10H2,1-2H3,(H,23,25)/b15-13-. The molecule has 2 rings (SSSR count). The summed E-state index contributed by atoms with van der Waals surface area (Å²) in [4.78, 5) is 12.2. The number of nitrogens with one attached hydrogen (secondary N) is 2. The maximum atomic E-state index is 12.2. The minimum absolute atomic E-state index is 0.0493. The van der Waals surface area contributed by atoms with E-state index in [1.165, 1.54) is 13.3 Å². The molecule has 0 unspecified atom stereocenters. The molecule has 2 aromatic rings. The van der Waals surface area contributed by atoms with Gasteiger partial charge in [-0.3, -0.25) is 4.79 Å². The van der Waals surface area contributed by atoms with E-state index in [1.807, 2.05) is 30.3 Å². The van der Waals surface area contributed by atoms with E-state index >= 15 is 0 Å². The van der Waals surface area contributed by atoms with Crippen molar-refractivity contribution in [2.75, 3.05) is 26.1 Å². The van der Waals surface area contributed by atoms with E-state index in [-0.39, 0.29) is 5.57 Å². The van der Waals surface area contributed by atoms with Crippen molar-refractivity contribution in [3.8, 4) is 17.6 Å². The molecule has 140 valence electrons. The Morgan fingerprint density at radius 2 is 1.93 bits per heavy atom. The molecule has 0 spiro atoms. The van der Waals surface area contributed by atoms with Crippen LogP contribution in [-0.4, -0.2) is 26.7 Å². The molecule has 7 heteroatoms. The molecular weight excluding hydrogens is 366 g/mol. The molecule has 0 saturated heterocycles. The number of amides is 1. The average Bonchev–Trinajstić information content (AvgIpc) is 2.69. The summed E-state index contributed by atoms with van der Waals surface area (Å²) in [5, 5.41) is 15.4. The highest BCUT2D eigenvalue weighted by atomic mass is 35.5. The van der Waals surface area contributed by atoms with E-state index in [1.54, 1.807) is 25.3 Å². The second kappa shape index (κ2) is 10.1. The molecule has 2 aromatic carbocycles. The van der Waals surface area contributed by atoms with Gasteiger partial charge in [0.2, 0.25) is 0 Å². The molecule has 0 aliphatic heterocycles. The molecule has 0 saturated carbocycles. The zero-order chi connectivity index (χ0) is 19.6. The zero-order valence-corrected chi connectivity index (χ0v) is 15.8. The van der Waals surface area contributed by atoms with E-state index in [2.05, 4.69) is 10.6 Å². The van der Waals surface area contributed by atoms with Crippen molar-refractivity contribution in [1.82, 2.24) is 5.32 Å². The smallest absolute Gasteiger partial charge is 0.263 e. The molecule has 27 heavy (non-hydrogen) atoms. The van der Waals surface area contributed by atoms with Crippen LogP contribution in [0.1, 0.15) is 5.56 Å². The number of anilines is 1. The summed E-state index contributed by atoms with van der Waals surface area (Å²) in [5.41, 5.74) is 1.57. The first-order valence-corrected chi connectivity index (χ1v) is 8.56. The number of ether oxygens (including phenoxy) is 2. The van der Waals surface area contributed by atoms with Gasteiger partial charge in [-0.25, -0.2) is 0 Å². The minimum atomic E-state index is -0.459. The lowest BCUT2D eigenvalue weighted by Crippen LogP contribution is -2.27. The first-order valence-electron chi connectivity index (χ1n) is 8.19. The lowest BCUT2D eigenvalue weighted by molar-refractivity contribution is -0.117. The maximum Gasteiger partial charge on any atom is 0.263 e. The number of nitriles is 1. The van der Waals surface area contributed by atoms with Gasteiger partial charge in [0.25, 0.3) is 5.91 Å². The molecule has 0 aromatic heterocycles. The van der Waals surface area contributed by atoms with Crippen molar-refractivity contribution in [2.24, 2.45) is 0 Å². The largest absolute Gasteiger partial charge is 0.497 e. The Hall–Kier alpha value is -3.17. The number of methoxy groups -OCH3 is 2.